The summed E-state index contributed by atoms with van der Waals surface area (Å²) in [6.45, 7) is 14.2. The van der Waals surface area contributed by atoms with E-state index in [4.69, 9.17) is 4.74 Å². The molecule has 1 saturated carbocycles. The Morgan fingerprint density at radius 1 is 1.24 bits per heavy atom. The first-order chi connectivity index (χ1) is 13.5. The van der Waals surface area contributed by atoms with Crippen LogP contribution in [0.15, 0.2) is 35.9 Å². The largest absolute Gasteiger partial charge is 0.444 e. The summed E-state index contributed by atoms with van der Waals surface area (Å²) in [5, 5.41) is 3.60. The van der Waals surface area contributed by atoms with E-state index in [-0.39, 0.29) is 23.1 Å². The standard InChI is InChI=1S/C25H38N2O2/c1-19(15-20-11-8-7-9-12-20)17-26-18-21-16-24(5)13-10-14-25(24,6)27(21)22(28)29-23(2,3)4/h7-9,11-12,15,21,26H,10,13-14,16-18H2,1-6H3/t21-,24+,25+/m1/s1. The summed E-state index contributed by atoms with van der Waals surface area (Å²) in [7, 11) is 0. The van der Waals surface area contributed by atoms with Crippen LogP contribution in [0.25, 0.3) is 6.08 Å². The molecular formula is C25H38N2O2. The smallest absolute Gasteiger partial charge is 0.411 e. The van der Waals surface area contributed by atoms with Crippen LogP contribution in [0.5, 0.6) is 0 Å². The van der Waals surface area contributed by atoms with Crippen molar-refractivity contribution in [3.05, 3.63) is 41.5 Å². The predicted octanol–water partition coefficient (Wildman–Crippen LogP) is 5.64. The number of ether oxygens (including phenoxy) is 1. The molecule has 1 aliphatic heterocycles. The van der Waals surface area contributed by atoms with Crippen LogP contribution in [0.1, 0.15) is 72.8 Å². The molecule has 0 unspecified atom stereocenters. The monoisotopic (exact) mass is 398 g/mol. The summed E-state index contributed by atoms with van der Waals surface area (Å²) < 4.78 is 5.82. The van der Waals surface area contributed by atoms with Gasteiger partial charge in [-0.3, -0.25) is 4.90 Å². The number of nitrogens with zero attached hydrogens (tertiary/aromatic N) is 1. The van der Waals surface area contributed by atoms with E-state index >= 15 is 0 Å². The van der Waals surface area contributed by atoms with E-state index in [1.54, 1.807) is 0 Å². The molecule has 160 valence electrons. The van der Waals surface area contributed by atoms with Gasteiger partial charge in [-0.2, -0.15) is 0 Å². The second-order valence-corrected chi connectivity index (χ2v) is 10.4. The number of fused-ring (bicyclic) bond motifs is 1. The fourth-order valence-electron chi connectivity index (χ4n) is 5.29. The number of amides is 1. The lowest BCUT2D eigenvalue weighted by Gasteiger charge is -2.42. The Balaban J connectivity index is 1.68. The van der Waals surface area contributed by atoms with Gasteiger partial charge in [0.15, 0.2) is 0 Å². The van der Waals surface area contributed by atoms with E-state index < -0.39 is 5.60 Å². The lowest BCUT2D eigenvalue weighted by molar-refractivity contribution is -0.00753. The quantitative estimate of drug-likeness (QED) is 0.698. The molecule has 1 heterocycles. The molecule has 1 aliphatic carbocycles. The normalized spacial score (nSPS) is 29.8. The lowest BCUT2D eigenvalue weighted by Crippen LogP contribution is -2.54. The summed E-state index contributed by atoms with van der Waals surface area (Å²) >= 11 is 0. The number of likely N-dealkylation sites (tertiary alicyclic amines) is 1. The minimum atomic E-state index is -0.474. The topological polar surface area (TPSA) is 41.6 Å². The molecule has 29 heavy (non-hydrogen) atoms. The van der Waals surface area contributed by atoms with Crippen LogP contribution in [0.3, 0.4) is 0 Å². The fourth-order valence-corrected chi connectivity index (χ4v) is 5.29. The lowest BCUT2D eigenvalue weighted by atomic mass is 9.75. The van der Waals surface area contributed by atoms with Crippen LogP contribution < -0.4 is 5.32 Å². The van der Waals surface area contributed by atoms with Gasteiger partial charge >= 0.3 is 6.09 Å². The fraction of sp³-hybridized carbons (Fsp3) is 0.640. The van der Waals surface area contributed by atoms with Crippen molar-refractivity contribution in [1.29, 1.82) is 0 Å². The van der Waals surface area contributed by atoms with E-state index in [9.17, 15) is 4.79 Å². The van der Waals surface area contributed by atoms with Crippen LogP contribution in [0, 0.1) is 5.41 Å². The van der Waals surface area contributed by atoms with Gasteiger partial charge in [0.25, 0.3) is 0 Å². The Labute approximate surface area is 176 Å². The summed E-state index contributed by atoms with van der Waals surface area (Å²) in [6.07, 6.45) is 6.53. The highest BCUT2D eigenvalue weighted by Gasteiger charge is 2.61. The van der Waals surface area contributed by atoms with Gasteiger partial charge < -0.3 is 10.1 Å². The highest BCUT2D eigenvalue weighted by Crippen LogP contribution is 2.58. The van der Waals surface area contributed by atoms with Gasteiger partial charge in [0.1, 0.15) is 5.60 Å². The first-order valence-corrected chi connectivity index (χ1v) is 11.0. The molecule has 1 aromatic carbocycles. The van der Waals surface area contributed by atoms with Crippen molar-refractivity contribution in [3.8, 4) is 0 Å². The molecule has 4 heteroatoms. The second kappa shape index (κ2) is 8.14. The molecule has 3 atom stereocenters. The van der Waals surface area contributed by atoms with Crippen molar-refractivity contribution in [2.75, 3.05) is 13.1 Å². The van der Waals surface area contributed by atoms with E-state index in [0.717, 1.165) is 25.9 Å². The Kier molecular flexibility index (Phi) is 6.14. The van der Waals surface area contributed by atoms with Gasteiger partial charge in [-0.15, -0.1) is 0 Å². The number of nitrogens with one attached hydrogen (secondary N) is 1. The molecule has 2 aliphatic rings. The van der Waals surface area contributed by atoms with Crippen molar-refractivity contribution in [1.82, 2.24) is 10.2 Å². The molecule has 1 amide bonds. The van der Waals surface area contributed by atoms with E-state index in [0.29, 0.717) is 0 Å². The van der Waals surface area contributed by atoms with Gasteiger partial charge in [-0.1, -0.05) is 55.3 Å². The van der Waals surface area contributed by atoms with Gasteiger partial charge in [0.05, 0.1) is 0 Å². The number of benzene rings is 1. The minimum Gasteiger partial charge on any atom is -0.444 e. The van der Waals surface area contributed by atoms with Crippen molar-refractivity contribution >= 4 is 12.2 Å². The first kappa shape index (κ1) is 21.9. The molecule has 0 radical (unpaired) electrons. The molecule has 4 nitrogen and oxygen atoms in total. The van der Waals surface area contributed by atoms with Crippen LogP contribution in [-0.2, 0) is 4.74 Å². The SMILES string of the molecule is CC(=Cc1ccccc1)CNC[C@H]1C[C@]2(C)CCC[C@]2(C)N1C(=O)OC(C)(C)C. The third kappa shape index (κ3) is 4.69. The van der Waals surface area contributed by atoms with Gasteiger partial charge in [-0.05, 0) is 64.9 Å². The molecule has 0 aromatic heterocycles. The number of rotatable bonds is 5. The Bertz CT molecular complexity index is 752. The Morgan fingerprint density at radius 3 is 2.59 bits per heavy atom. The predicted molar refractivity (Wildman–Crippen MR) is 120 cm³/mol. The van der Waals surface area contributed by atoms with Crippen LogP contribution in [0.4, 0.5) is 4.79 Å². The Hall–Kier alpha value is -1.81. The van der Waals surface area contributed by atoms with Gasteiger partial charge in [0.2, 0.25) is 0 Å². The zero-order valence-electron chi connectivity index (χ0n) is 19.0. The van der Waals surface area contributed by atoms with Crippen molar-refractivity contribution in [2.24, 2.45) is 5.41 Å². The average Bonchev–Trinajstić information content (AvgIpc) is 2.99. The number of hydrogen-bond donors (Lipinski definition) is 1. The zero-order chi connectivity index (χ0) is 21.3. The summed E-state index contributed by atoms with van der Waals surface area (Å²) in [5.41, 5.74) is 2.09. The summed E-state index contributed by atoms with van der Waals surface area (Å²) in [6, 6.07) is 10.6. The second-order valence-electron chi connectivity index (χ2n) is 10.4. The number of carbonyl (C=O) groups excluding carboxylic acids is 1. The number of hydrogen-bond acceptors (Lipinski definition) is 3. The number of carbonyl (C=O) groups is 1. The minimum absolute atomic E-state index is 0.114. The van der Waals surface area contributed by atoms with E-state index in [1.807, 2.05) is 26.8 Å². The van der Waals surface area contributed by atoms with Gasteiger partial charge in [0, 0.05) is 24.7 Å². The highest BCUT2D eigenvalue weighted by atomic mass is 16.6. The molecule has 1 aromatic rings. The molecule has 1 N–H and O–H groups in total. The molecule has 0 spiro atoms. The molecule has 3 rings (SSSR count). The van der Waals surface area contributed by atoms with Crippen molar-refractivity contribution in [2.45, 2.75) is 84.4 Å². The van der Waals surface area contributed by atoms with Crippen LogP contribution in [-0.4, -0.2) is 41.3 Å². The maximum atomic E-state index is 13.2. The molecular weight excluding hydrogens is 360 g/mol. The zero-order valence-corrected chi connectivity index (χ0v) is 19.0. The maximum absolute atomic E-state index is 13.2. The summed E-state index contributed by atoms with van der Waals surface area (Å²) in [4.78, 5) is 15.2. The molecule has 2 fully saturated rings. The Morgan fingerprint density at radius 2 is 1.93 bits per heavy atom. The third-order valence-corrected chi connectivity index (χ3v) is 6.86. The average molecular weight is 399 g/mol. The maximum Gasteiger partial charge on any atom is 0.411 e. The molecule has 1 saturated heterocycles. The van der Waals surface area contributed by atoms with E-state index in [1.165, 1.54) is 24.0 Å². The third-order valence-electron chi connectivity index (χ3n) is 6.86. The van der Waals surface area contributed by atoms with Gasteiger partial charge in [-0.25, -0.2) is 4.79 Å². The summed E-state index contributed by atoms with van der Waals surface area (Å²) in [5.74, 6) is 0. The first-order valence-electron chi connectivity index (χ1n) is 11.0. The van der Waals surface area contributed by atoms with Crippen molar-refractivity contribution in [3.63, 3.8) is 0 Å². The van der Waals surface area contributed by atoms with E-state index in [2.05, 4.69) is 61.3 Å². The molecule has 0 bridgehead atoms. The highest BCUT2D eigenvalue weighted by molar-refractivity contribution is 5.71. The van der Waals surface area contributed by atoms with Crippen molar-refractivity contribution < 1.29 is 9.53 Å². The van der Waals surface area contributed by atoms with Crippen LogP contribution in [0.2, 0.25) is 0 Å². The van der Waals surface area contributed by atoms with Crippen LogP contribution >= 0.6 is 0 Å².